The third-order valence-electron chi connectivity index (χ3n) is 4.00. The second kappa shape index (κ2) is 6.36. The van der Waals surface area contributed by atoms with Crippen molar-refractivity contribution in [3.8, 4) is 11.5 Å². The molecular formula is C16H21N3O4. The number of likely N-dealkylation sites (N-methyl/N-ethyl adjacent to an activating group) is 1. The Morgan fingerprint density at radius 3 is 2.70 bits per heavy atom. The van der Waals surface area contributed by atoms with Crippen molar-refractivity contribution in [2.24, 2.45) is 0 Å². The van der Waals surface area contributed by atoms with Gasteiger partial charge in [-0.15, -0.1) is 0 Å². The number of hydrogen-bond acceptors (Lipinski definition) is 5. The molecule has 0 aliphatic carbocycles. The fourth-order valence-corrected chi connectivity index (χ4v) is 2.84. The average molecular weight is 319 g/mol. The largest absolute Gasteiger partial charge is 0.486 e. The molecule has 2 aliphatic heterocycles. The van der Waals surface area contributed by atoms with Gasteiger partial charge in [-0.25, -0.2) is 0 Å². The van der Waals surface area contributed by atoms with E-state index in [1.807, 2.05) is 13.0 Å². The fraction of sp³-hybridized carbons (Fsp3) is 0.500. The average Bonchev–Trinajstić information content (AvgIpc) is 2.57. The molecule has 124 valence electrons. The maximum atomic E-state index is 12.7. The molecule has 2 N–H and O–H groups in total. The van der Waals surface area contributed by atoms with Gasteiger partial charge in [0.1, 0.15) is 25.8 Å². The van der Waals surface area contributed by atoms with Crippen LogP contribution in [-0.4, -0.2) is 44.7 Å². The minimum atomic E-state index is -0.334. The highest BCUT2D eigenvalue weighted by Crippen LogP contribution is 2.42. The molecule has 0 bridgehead atoms. The number of rotatable bonds is 4. The molecule has 1 atom stereocenters. The van der Waals surface area contributed by atoms with E-state index in [0.29, 0.717) is 36.8 Å². The zero-order valence-corrected chi connectivity index (χ0v) is 13.3. The molecule has 7 nitrogen and oxygen atoms in total. The first-order chi connectivity index (χ1) is 11.1. The summed E-state index contributed by atoms with van der Waals surface area (Å²) < 4.78 is 11.2. The van der Waals surface area contributed by atoms with Gasteiger partial charge < -0.3 is 20.1 Å². The quantitative estimate of drug-likeness (QED) is 0.870. The molecular weight excluding hydrogens is 298 g/mol. The van der Waals surface area contributed by atoms with Crippen molar-refractivity contribution < 1.29 is 19.1 Å². The Bertz CT molecular complexity index is 632. The molecule has 3 rings (SSSR count). The summed E-state index contributed by atoms with van der Waals surface area (Å²) in [6.07, 6.45) is 1.58. The van der Waals surface area contributed by atoms with Gasteiger partial charge in [0.25, 0.3) is 0 Å². The van der Waals surface area contributed by atoms with Gasteiger partial charge in [0.05, 0.1) is 11.4 Å². The van der Waals surface area contributed by atoms with Crippen molar-refractivity contribution in [2.75, 3.05) is 37.0 Å². The number of hydrogen-bond donors (Lipinski definition) is 2. The zero-order valence-electron chi connectivity index (χ0n) is 13.3. The SMILES string of the molecule is CCCC1Nc2cc3c(cc2N(CC(=O)NC)C1=O)OCCO3. The van der Waals surface area contributed by atoms with Crippen LogP contribution in [0.15, 0.2) is 12.1 Å². The van der Waals surface area contributed by atoms with E-state index in [1.165, 1.54) is 4.90 Å². The Labute approximate surface area is 134 Å². The first-order valence-corrected chi connectivity index (χ1v) is 7.86. The van der Waals surface area contributed by atoms with Gasteiger partial charge in [-0.05, 0) is 6.42 Å². The molecule has 23 heavy (non-hydrogen) atoms. The van der Waals surface area contributed by atoms with E-state index in [4.69, 9.17) is 9.47 Å². The molecule has 2 heterocycles. The number of carbonyl (C=O) groups excluding carboxylic acids is 2. The highest BCUT2D eigenvalue weighted by Gasteiger charge is 2.34. The van der Waals surface area contributed by atoms with Gasteiger partial charge in [-0.2, -0.15) is 0 Å². The first kappa shape index (κ1) is 15.5. The van der Waals surface area contributed by atoms with E-state index in [-0.39, 0.29) is 24.4 Å². The lowest BCUT2D eigenvalue weighted by Crippen LogP contribution is -2.50. The van der Waals surface area contributed by atoms with Crippen LogP contribution in [-0.2, 0) is 9.59 Å². The second-order valence-corrected chi connectivity index (χ2v) is 5.60. The van der Waals surface area contributed by atoms with E-state index >= 15 is 0 Å². The third kappa shape index (κ3) is 2.91. The summed E-state index contributed by atoms with van der Waals surface area (Å²) in [5.41, 5.74) is 1.44. The smallest absolute Gasteiger partial charge is 0.250 e. The summed E-state index contributed by atoms with van der Waals surface area (Å²) in [5, 5.41) is 5.82. The maximum Gasteiger partial charge on any atom is 0.250 e. The molecule has 0 aromatic heterocycles. The van der Waals surface area contributed by atoms with Crippen molar-refractivity contribution in [2.45, 2.75) is 25.8 Å². The summed E-state index contributed by atoms with van der Waals surface area (Å²) >= 11 is 0. The molecule has 0 spiro atoms. The van der Waals surface area contributed by atoms with Crippen LogP contribution < -0.4 is 25.0 Å². The van der Waals surface area contributed by atoms with Crippen molar-refractivity contribution >= 4 is 23.2 Å². The van der Waals surface area contributed by atoms with E-state index in [9.17, 15) is 9.59 Å². The van der Waals surface area contributed by atoms with Crippen LogP contribution in [0.25, 0.3) is 0 Å². The summed E-state index contributed by atoms with van der Waals surface area (Å²) in [5.74, 6) is 0.948. The maximum absolute atomic E-state index is 12.7. The van der Waals surface area contributed by atoms with Crippen LogP contribution in [0.3, 0.4) is 0 Å². The molecule has 2 amide bonds. The van der Waals surface area contributed by atoms with Gasteiger partial charge in [0, 0.05) is 19.2 Å². The minimum Gasteiger partial charge on any atom is -0.486 e. The zero-order chi connectivity index (χ0) is 16.4. The minimum absolute atomic E-state index is 0.0100. The van der Waals surface area contributed by atoms with Crippen molar-refractivity contribution in [3.63, 3.8) is 0 Å². The van der Waals surface area contributed by atoms with Gasteiger partial charge in [-0.1, -0.05) is 13.3 Å². The molecule has 1 unspecified atom stereocenters. The Morgan fingerprint density at radius 2 is 2.04 bits per heavy atom. The monoisotopic (exact) mass is 319 g/mol. The number of amides is 2. The van der Waals surface area contributed by atoms with E-state index < -0.39 is 0 Å². The fourth-order valence-electron chi connectivity index (χ4n) is 2.84. The lowest BCUT2D eigenvalue weighted by Gasteiger charge is -2.36. The number of fused-ring (bicyclic) bond motifs is 2. The standard InChI is InChI=1S/C16H21N3O4/c1-3-4-10-16(21)19(9-15(20)17-2)12-8-14-13(7-11(12)18-10)22-5-6-23-14/h7-8,10,18H,3-6,9H2,1-2H3,(H,17,20). The molecule has 2 aliphatic rings. The Hall–Kier alpha value is -2.44. The predicted octanol–water partition coefficient (Wildman–Crippen LogP) is 1.13. The van der Waals surface area contributed by atoms with E-state index in [1.54, 1.807) is 13.1 Å². The van der Waals surface area contributed by atoms with Crippen LogP contribution in [0, 0.1) is 0 Å². The van der Waals surface area contributed by atoms with Gasteiger partial charge in [0.2, 0.25) is 11.8 Å². The Balaban J connectivity index is 2.00. The second-order valence-electron chi connectivity index (χ2n) is 5.60. The summed E-state index contributed by atoms with van der Waals surface area (Å²) in [4.78, 5) is 26.0. The number of nitrogens with zero attached hydrogens (tertiary/aromatic N) is 1. The number of carbonyl (C=O) groups is 2. The van der Waals surface area contributed by atoms with Crippen LogP contribution in [0.5, 0.6) is 11.5 Å². The van der Waals surface area contributed by atoms with Gasteiger partial charge in [0.15, 0.2) is 11.5 Å². The van der Waals surface area contributed by atoms with Crippen molar-refractivity contribution in [1.29, 1.82) is 0 Å². The number of anilines is 2. The van der Waals surface area contributed by atoms with Crippen LogP contribution >= 0.6 is 0 Å². The Morgan fingerprint density at radius 1 is 1.35 bits per heavy atom. The molecule has 0 saturated heterocycles. The van der Waals surface area contributed by atoms with E-state index in [2.05, 4.69) is 10.6 Å². The third-order valence-corrected chi connectivity index (χ3v) is 4.00. The summed E-state index contributed by atoms with van der Waals surface area (Å²) in [7, 11) is 1.56. The molecule has 0 radical (unpaired) electrons. The molecule has 0 saturated carbocycles. The summed E-state index contributed by atoms with van der Waals surface area (Å²) in [6.45, 7) is 2.99. The normalized spacial score (nSPS) is 19.0. The van der Waals surface area contributed by atoms with Crippen molar-refractivity contribution in [1.82, 2.24) is 5.32 Å². The molecule has 1 aromatic carbocycles. The lowest BCUT2D eigenvalue weighted by atomic mass is 10.0. The molecule has 1 aromatic rings. The summed E-state index contributed by atoms with van der Waals surface area (Å²) in [6, 6.07) is 3.27. The van der Waals surface area contributed by atoms with Crippen molar-refractivity contribution in [3.05, 3.63) is 12.1 Å². The molecule has 0 fully saturated rings. The van der Waals surface area contributed by atoms with E-state index in [0.717, 1.165) is 12.1 Å². The van der Waals surface area contributed by atoms with Crippen LogP contribution in [0.4, 0.5) is 11.4 Å². The first-order valence-electron chi connectivity index (χ1n) is 7.86. The number of nitrogens with one attached hydrogen (secondary N) is 2. The van der Waals surface area contributed by atoms with Crippen LogP contribution in [0.1, 0.15) is 19.8 Å². The molecule has 7 heteroatoms. The lowest BCUT2D eigenvalue weighted by molar-refractivity contribution is -0.124. The highest BCUT2D eigenvalue weighted by atomic mass is 16.6. The predicted molar refractivity (Wildman–Crippen MR) is 86.2 cm³/mol. The number of ether oxygens (including phenoxy) is 2. The highest BCUT2D eigenvalue weighted by molar-refractivity contribution is 6.08. The number of benzene rings is 1. The van der Waals surface area contributed by atoms with Crippen LogP contribution in [0.2, 0.25) is 0 Å². The Kier molecular flexibility index (Phi) is 4.27. The topological polar surface area (TPSA) is 79.9 Å². The van der Waals surface area contributed by atoms with Gasteiger partial charge in [-0.3, -0.25) is 14.5 Å². The van der Waals surface area contributed by atoms with Gasteiger partial charge >= 0.3 is 0 Å².